The van der Waals surface area contributed by atoms with Crippen LogP contribution >= 0.6 is 15.6 Å². The van der Waals surface area contributed by atoms with E-state index in [0.29, 0.717) is 19.3 Å². The Balaban J connectivity index is 4.31. The molecule has 9 heteroatoms. The van der Waals surface area contributed by atoms with Gasteiger partial charge in [-0.2, -0.15) is 4.31 Å². The van der Waals surface area contributed by atoms with E-state index >= 15 is 0 Å². The summed E-state index contributed by atoms with van der Waals surface area (Å²) < 4.78 is 36.6. The zero-order valence-corrected chi connectivity index (χ0v) is 10.1. The number of hydrogen-bond donors (Lipinski definition) is 3. The van der Waals surface area contributed by atoms with Crippen molar-refractivity contribution >= 4 is 15.6 Å². The van der Waals surface area contributed by atoms with Gasteiger partial charge in [0.25, 0.3) is 0 Å². The fourth-order valence-corrected chi connectivity index (χ4v) is 2.76. The number of phosphoric ester groups is 1. The molecule has 0 amide bonds. The molecule has 0 spiro atoms. The zero-order valence-electron chi connectivity index (χ0n) is 9.27. The van der Waals surface area contributed by atoms with Crippen molar-refractivity contribution < 1.29 is 34.0 Å². The minimum Gasteiger partial charge on any atom is -0.302 e. The second-order valence-corrected chi connectivity index (χ2v) is 5.60. The Morgan fingerprint density at radius 2 is 2.00 bits per heavy atom. The Morgan fingerprint density at radius 1 is 1.40 bits per heavy atom. The Hall–Kier alpha value is 0.260. The summed E-state index contributed by atoms with van der Waals surface area (Å²) in [5.41, 5.74) is 0. The Kier molecular flexibility index (Phi) is 5.43. The summed E-state index contributed by atoms with van der Waals surface area (Å²) in [6, 6.07) is 0. The molecule has 92 valence electrons. The summed E-state index contributed by atoms with van der Waals surface area (Å²) >= 11 is 0. The summed E-state index contributed by atoms with van der Waals surface area (Å²) in [5, 5.41) is 0. The van der Waals surface area contributed by atoms with E-state index in [-0.39, 0.29) is 6.90 Å². The van der Waals surface area contributed by atoms with Crippen LogP contribution in [0.4, 0.5) is 0 Å². The van der Waals surface area contributed by atoms with E-state index in [2.05, 4.69) is 8.83 Å². The molecule has 15 heavy (non-hydrogen) atoms. The molecule has 0 aliphatic heterocycles. The van der Waals surface area contributed by atoms with Crippen LogP contribution in [0.3, 0.4) is 0 Å². The molecule has 0 heterocycles. The molecule has 0 radical (unpaired) electrons. The molecule has 3 N–H and O–H groups in total. The minimum absolute atomic E-state index is 0.148. The molecule has 0 aromatic heterocycles. The molecule has 2 unspecified atom stereocenters. The lowest BCUT2D eigenvalue weighted by Gasteiger charge is -2.18. The van der Waals surface area contributed by atoms with Gasteiger partial charge in [0.2, 0.25) is 0 Å². The van der Waals surface area contributed by atoms with Gasteiger partial charge in [0.05, 0.1) is 6.10 Å². The summed E-state index contributed by atoms with van der Waals surface area (Å²) in [7, 11) is -9.81. The van der Waals surface area contributed by atoms with Crippen molar-refractivity contribution in [2.45, 2.75) is 39.2 Å². The first-order valence-electron chi connectivity index (χ1n) is 4.98. The van der Waals surface area contributed by atoms with Crippen LogP contribution in [0.5, 0.6) is 0 Å². The van der Waals surface area contributed by atoms with Crippen LogP contribution < -0.4 is 0 Å². The van der Waals surface area contributed by atoms with Crippen molar-refractivity contribution in [3.05, 3.63) is 0 Å². The van der Waals surface area contributed by atoms with E-state index < -0.39 is 21.7 Å². The number of phosphoric acid groups is 2. The predicted molar refractivity (Wildman–Crippen MR) is 53.0 cm³/mol. The van der Waals surface area contributed by atoms with Gasteiger partial charge in [0.1, 0.15) is 0 Å². The van der Waals surface area contributed by atoms with Gasteiger partial charge in [-0.1, -0.05) is 20.2 Å². The van der Waals surface area contributed by atoms with Gasteiger partial charge < -0.3 is 14.7 Å². The van der Waals surface area contributed by atoms with E-state index in [9.17, 15) is 9.13 Å². The van der Waals surface area contributed by atoms with Crippen LogP contribution in [0.25, 0.3) is 0 Å². The van der Waals surface area contributed by atoms with Gasteiger partial charge in [-0.25, -0.2) is 9.13 Å². The summed E-state index contributed by atoms with van der Waals surface area (Å²) in [5.74, 6) is 0. The Bertz CT molecular complexity index is 291. The van der Waals surface area contributed by atoms with Crippen molar-refractivity contribution in [3.63, 3.8) is 0 Å². The Morgan fingerprint density at radius 3 is 2.40 bits per heavy atom. The molecule has 0 aliphatic carbocycles. The monoisotopic (exact) mass is 263 g/mol. The maximum absolute atomic E-state index is 11.1. The van der Waals surface area contributed by atoms with E-state index in [1.54, 1.807) is 6.92 Å². The second-order valence-electron chi connectivity index (χ2n) is 2.82. The molecule has 0 aliphatic rings. The molecule has 0 fully saturated rings. The van der Waals surface area contributed by atoms with Gasteiger partial charge >= 0.3 is 15.6 Å². The highest BCUT2D eigenvalue weighted by molar-refractivity contribution is 7.60. The highest BCUT2D eigenvalue weighted by Gasteiger charge is 2.34. The van der Waals surface area contributed by atoms with Gasteiger partial charge in [-0.15, -0.1) is 0 Å². The molecule has 0 aromatic carbocycles. The van der Waals surface area contributed by atoms with Crippen LogP contribution in [-0.2, 0) is 18.0 Å². The molecular formula is C6H16O7P2. The Labute approximate surface area is 89.7 Å². The fraction of sp³-hybridized carbons (Fsp3) is 1.00. The molecule has 0 rings (SSSR count). The third-order valence-corrected chi connectivity index (χ3v) is 3.71. The van der Waals surface area contributed by atoms with Crippen LogP contribution in [-0.4, -0.2) is 20.8 Å². The van der Waals surface area contributed by atoms with Crippen molar-refractivity contribution in [2.75, 3.05) is 0 Å². The maximum Gasteiger partial charge on any atom is 0.481 e. The van der Waals surface area contributed by atoms with E-state index in [4.69, 9.17) is 16.1 Å². The first-order chi connectivity index (χ1) is 7.20. The maximum atomic E-state index is 11.1. The van der Waals surface area contributed by atoms with E-state index in [1.807, 2.05) is 0 Å². The molecule has 0 saturated heterocycles. The average Bonchev–Trinajstić information content (AvgIpc) is 2.07. The SMILES string of the molecule is [2H]CCCC(CC)OP(=O)(O)OP(=O)(O)O. The lowest BCUT2D eigenvalue weighted by atomic mass is 10.2. The summed E-state index contributed by atoms with van der Waals surface area (Å²) in [4.78, 5) is 25.7. The predicted octanol–water partition coefficient (Wildman–Crippen LogP) is 1.79. The first-order valence-corrected chi connectivity index (χ1v) is 7.30. The molecule has 0 saturated carbocycles. The lowest BCUT2D eigenvalue weighted by molar-refractivity contribution is 0.118. The van der Waals surface area contributed by atoms with Gasteiger partial charge in [-0.05, 0) is 12.8 Å². The van der Waals surface area contributed by atoms with Crippen LogP contribution in [0, 0.1) is 0 Å². The van der Waals surface area contributed by atoms with Crippen LogP contribution in [0.2, 0.25) is 0 Å². The number of rotatable bonds is 7. The van der Waals surface area contributed by atoms with Crippen LogP contribution in [0.1, 0.15) is 34.5 Å². The molecule has 2 atom stereocenters. The topological polar surface area (TPSA) is 113 Å². The molecule has 0 aromatic rings. The normalized spacial score (nSPS) is 19.3. The van der Waals surface area contributed by atoms with Crippen molar-refractivity contribution in [1.82, 2.24) is 0 Å². The lowest BCUT2D eigenvalue weighted by Crippen LogP contribution is -2.10. The third kappa shape index (κ3) is 8.11. The molecule has 7 nitrogen and oxygen atoms in total. The van der Waals surface area contributed by atoms with E-state index in [1.165, 1.54) is 0 Å². The molecular weight excluding hydrogens is 246 g/mol. The zero-order chi connectivity index (χ0) is 12.8. The van der Waals surface area contributed by atoms with Gasteiger partial charge in [0, 0.05) is 1.37 Å². The first kappa shape index (κ1) is 13.3. The van der Waals surface area contributed by atoms with Crippen LogP contribution in [0.15, 0.2) is 0 Å². The standard InChI is InChI=1S/C6H16O7P2/c1-3-5-6(4-2)12-15(10,11)13-14(7,8)9/h6H,3-5H2,1-2H3,(H,10,11)(H2,7,8,9)/i1D. The molecule has 0 bridgehead atoms. The van der Waals surface area contributed by atoms with Crippen molar-refractivity contribution in [3.8, 4) is 0 Å². The average molecular weight is 263 g/mol. The highest BCUT2D eigenvalue weighted by Crippen LogP contribution is 2.58. The van der Waals surface area contributed by atoms with Gasteiger partial charge in [-0.3, -0.25) is 4.52 Å². The van der Waals surface area contributed by atoms with Crippen molar-refractivity contribution in [1.29, 1.82) is 0 Å². The highest BCUT2D eigenvalue weighted by atomic mass is 31.3. The quantitative estimate of drug-likeness (QED) is 0.600. The third-order valence-electron chi connectivity index (χ3n) is 1.47. The minimum atomic E-state index is -5.05. The summed E-state index contributed by atoms with van der Waals surface area (Å²) in [6.45, 7) is 1.83. The summed E-state index contributed by atoms with van der Waals surface area (Å²) in [6.07, 6.45) is 0.547. The largest absolute Gasteiger partial charge is 0.481 e. The van der Waals surface area contributed by atoms with E-state index in [0.717, 1.165) is 0 Å². The van der Waals surface area contributed by atoms with Crippen molar-refractivity contribution in [2.24, 2.45) is 0 Å². The fourth-order valence-electron chi connectivity index (χ4n) is 0.901. The number of hydrogen-bond acceptors (Lipinski definition) is 4. The second kappa shape index (κ2) is 6.11. The smallest absolute Gasteiger partial charge is 0.302 e. The van der Waals surface area contributed by atoms with Gasteiger partial charge in [0.15, 0.2) is 0 Å².